The zero-order valence-electron chi connectivity index (χ0n) is 19.9. The minimum Gasteiger partial charge on any atom is -0.376 e. The number of amides is 2. The van der Waals surface area contributed by atoms with Crippen LogP contribution >= 0.6 is 22.9 Å². The third kappa shape index (κ3) is 6.12. The van der Waals surface area contributed by atoms with Gasteiger partial charge in [-0.3, -0.25) is 19.5 Å². The third-order valence-corrected chi connectivity index (χ3v) is 8.35. The summed E-state index contributed by atoms with van der Waals surface area (Å²) in [6.07, 6.45) is 7.30. The number of anilines is 2. The number of alkyl halides is 2. The minimum absolute atomic E-state index is 0.0477. The Balaban J connectivity index is 1.54. The Morgan fingerprint density at radius 2 is 2.09 bits per heavy atom. The second kappa shape index (κ2) is 10.8. The highest BCUT2D eigenvalue weighted by atomic mass is 35.5. The zero-order chi connectivity index (χ0) is 25.2. The normalized spacial score (nSPS) is 20.8. The fourth-order valence-electron chi connectivity index (χ4n) is 4.71. The first-order valence-corrected chi connectivity index (χ1v) is 13.3. The zero-order valence-corrected chi connectivity index (χ0v) is 21.5. The minimum atomic E-state index is -2.86. The number of aryl methyl sites for hydroxylation is 1. The second-order valence-electron chi connectivity index (χ2n) is 9.51. The van der Waals surface area contributed by atoms with Crippen LogP contribution in [0, 0.1) is 12.8 Å². The van der Waals surface area contributed by atoms with E-state index in [1.807, 2.05) is 32.0 Å². The summed E-state index contributed by atoms with van der Waals surface area (Å²) in [7, 11) is 0. The topological polar surface area (TPSA) is 74.3 Å². The van der Waals surface area contributed by atoms with Gasteiger partial charge in [0.05, 0.1) is 33.5 Å². The molecule has 0 aromatic carbocycles. The molecular formula is C25H31ClF2N4O2S. The van der Waals surface area contributed by atoms with E-state index in [-0.39, 0.29) is 12.5 Å². The van der Waals surface area contributed by atoms with Crippen LogP contribution in [0.1, 0.15) is 68.5 Å². The molecule has 2 saturated carbocycles. The van der Waals surface area contributed by atoms with Crippen LogP contribution in [0.25, 0.3) is 0 Å². The van der Waals surface area contributed by atoms with E-state index >= 15 is 0 Å². The summed E-state index contributed by atoms with van der Waals surface area (Å²) in [6, 6.07) is 3.58. The first-order chi connectivity index (χ1) is 16.7. The summed E-state index contributed by atoms with van der Waals surface area (Å²) in [5, 5.41) is 7.10. The van der Waals surface area contributed by atoms with Gasteiger partial charge in [-0.1, -0.05) is 44.2 Å². The molecule has 0 aliphatic heterocycles. The first-order valence-electron chi connectivity index (χ1n) is 12.1. The van der Waals surface area contributed by atoms with Crippen molar-refractivity contribution in [2.75, 3.05) is 10.2 Å². The standard InChI is InChI=1S/C25H31ClF2N4O2S/c1-3-18(30-19-11-17(26)13-29-15(19)2)21-8-9-23(35-21)32(14-33)20(10-16-6-4-5-7-16)24(34)31-22-12-25(22,27)28/h8-9,11,13-14,16,18,20,22,30H,3-7,10,12H2,1-2H3,(H,31,34)/t18-,20+,22-/m1/s1. The van der Waals surface area contributed by atoms with Crippen molar-refractivity contribution in [2.24, 2.45) is 5.92 Å². The Bertz CT molecular complexity index is 1060. The molecule has 2 aromatic heterocycles. The molecule has 3 atom stereocenters. The summed E-state index contributed by atoms with van der Waals surface area (Å²) >= 11 is 7.53. The molecule has 6 nitrogen and oxygen atoms in total. The average Bonchev–Trinajstić information content (AvgIpc) is 3.25. The molecule has 4 rings (SSSR count). The number of rotatable bonds is 11. The number of hydrogen-bond donors (Lipinski definition) is 2. The van der Waals surface area contributed by atoms with Gasteiger partial charge in [0, 0.05) is 17.5 Å². The van der Waals surface area contributed by atoms with Gasteiger partial charge in [0.1, 0.15) is 6.04 Å². The molecule has 10 heteroatoms. The fourth-order valence-corrected chi connectivity index (χ4v) is 6.02. The molecule has 35 heavy (non-hydrogen) atoms. The van der Waals surface area contributed by atoms with Crippen molar-refractivity contribution in [1.82, 2.24) is 10.3 Å². The van der Waals surface area contributed by atoms with Gasteiger partial charge in [0.15, 0.2) is 0 Å². The molecule has 2 N–H and O–H groups in total. The van der Waals surface area contributed by atoms with E-state index in [1.54, 1.807) is 6.20 Å². The van der Waals surface area contributed by atoms with Crippen molar-refractivity contribution in [3.63, 3.8) is 0 Å². The van der Waals surface area contributed by atoms with Crippen LogP contribution in [0.15, 0.2) is 24.4 Å². The summed E-state index contributed by atoms with van der Waals surface area (Å²) in [4.78, 5) is 32.0. The molecule has 0 radical (unpaired) electrons. The number of carbonyl (C=O) groups is 2. The van der Waals surface area contributed by atoms with Crippen molar-refractivity contribution in [1.29, 1.82) is 0 Å². The van der Waals surface area contributed by atoms with E-state index in [0.29, 0.717) is 28.8 Å². The summed E-state index contributed by atoms with van der Waals surface area (Å²) in [5.74, 6) is -3.06. The lowest BCUT2D eigenvalue weighted by molar-refractivity contribution is -0.125. The van der Waals surface area contributed by atoms with Crippen LogP contribution in [-0.2, 0) is 9.59 Å². The van der Waals surface area contributed by atoms with Crippen molar-refractivity contribution >= 4 is 45.9 Å². The first kappa shape index (κ1) is 25.8. The van der Waals surface area contributed by atoms with E-state index in [0.717, 1.165) is 48.4 Å². The number of nitrogens with one attached hydrogen (secondary N) is 2. The summed E-state index contributed by atoms with van der Waals surface area (Å²) < 4.78 is 27.0. The van der Waals surface area contributed by atoms with Crippen LogP contribution in [0.5, 0.6) is 0 Å². The van der Waals surface area contributed by atoms with Crippen LogP contribution in [0.3, 0.4) is 0 Å². The van der Waals surface area contributed by atoms with Gasteiger partial charge < -0.3 is 10.6 Å². The number of nitrogens with zero attached hydrogens (tertiary/aromatic N) is 2. The highest BCUT2D eigenvalue weighted by molar-refractivity contribution is 7.16. The SMILES string of the molecule is CC[C@@H](Nc1cc(Cl)cnc1C)c1ccc(N(C=O)[C@@H](CC2CCCC2)C(=O)N[C@@H]2CC2(F)F)s1. The molecule has 2 aromatic rings. The van der Waals surface area contributed by atoms with Crippen molar-refractivity contribution in [3.05, 3.63) is 40.0 Å². The molecule has 0 saturated heterocycles. The number of carbonyl (C=O) groups excluding carboxylic acids is 2. The number of hydrogen-bond acceptors (Lipinski definition) is 5. The maximum Gasteiger partial charge on any atom is 0.270 e. The van der Waals surface area contributed by atoms with Gasteiger partial charge in [-0.05, 0) is 43.9 Å². The molecule has 0 spiro atoms. The highest BCUT2D eigenvalue weighted by Gasteiger charge is 2.58. The predicted octanol–water partition coefficient (Wildman–Crippen LogP) is 6.10. The molecule has 2 aliphatic carbocycles. The lowest BCUT2D eigenvalue weighted by atomic mass is 9.97. The Kier molecular flexibility index (Phi) is 7.96. The predicted molar refractivity (Wildman–Crippen MR) is 135 cm³/mol. The lowest BCUT2D eigenvalue weighted by Gasteiger charge is -2.28. The molecule has 2 fully saturated rings. The van der Waals surface area contributed by atoms with Crippen molar-refractivity contribution in [3.8, 4) is 0 Å². The van der Waals surface area contributed by atoms with Gasteiger partial charge in [0.2, 0.25) is 12.3 Å². The number of halogens is 3. The molecular weight excluding hydrogens is 494 g/mol. The second-order valence-corrected chi connectivity index (χ2v) is 11.0. The molecule has 2 aliphatic rings. The van der Waals surface area contributed by atoms with E-state index in [9.17, 15) is 18.4 Å². The van der Waals surface area contributed by atoms with E-state index < -0.39 is 23.9 Å². The van der Waals surface area contributed by atoms with Gasteiger partial charge in [-0.15, -0.1) is 11.3 Å². The molecule has 190 valence electrons. The fraction of sp³-hybridized carbons (Fsp3) is 0.560. The number of aromatic nitrogens is 1. The maximum atomic E-state index is 13.5. The average molecular weight is 525 g/mol. The molecule has 0 bridgehead atoms. The Morgan fingerprint density at radius 3 is 2.71 bits per heavy atom. The van der Waals surface area contributed by atoms with E-state index in [2.05, 4.69) is 15.6 Å². The third-order valence-electron chi connectivity index (χ3n) is 6.93. The number of thiophene rings is 1. The summed E-state index contributed by atoms with van der Waals surface area (Å²) in [5.41, 5.74) is 1.65. The van der Waals surface area contributed by atoms with Crippen LogP contribution in [-0.4, -0.2) is 35.3 Å². The monoisotopic (exact) mass is 524 g/mol. The Labute approximate surface area is 213 Å². The highest BCUT2D eigenvalue weighted by Crippen LogP contribution is 2.42. The van der Waals surface area contributed by atoms with Gasteiger partial charge in [-0.25, -0.2) is 8.78 Å². The summed E-state index contributed by atoms with van der Waals surface area (Å²) in [6.45, 7) is 3.95. The largest absolute Gasteiger partial charge is 0.376 e. The number of pyridine rings is 1. The van der Waals surface area contributed by atoms with Gasteiger partial charge in [0.25, 0.3) is 5.92 Å². The molecule has 0 unspecified atom stereocenters. The van der Waals surface area contributed by atoms with Gasteiger partial charge >= 0.3 is 0 Å². The van der Waals surface area contributed by atoms with Gasteiger partial charge in [-0.2, -0.15) is 0 Å². The molecule has 2 amide bonds. The quantitative estimate of drug-likeness (QED) is 0.348. The lowest BCUT2D eigenvalue weighted by Crippen LogP contribution is -2.48. The van der Waals surface area contributed by atoms with Crippen LogP contribution < -0.4 is 15.5 Å². The molecule has 2 heterocycles. The van der Waals surface area contributed by atoms with E-state index in [4.69, 9.17) is 11.6 Å². The smallest absolute Gasteiger partial charge is 0.270 e. The van der Waals surface area contributed by atoms with Crippen LogP contribution in [0.4, 0.5) is 19.5 Å². The maximum absolute atomic E-state index is 13.5. The van der Waals surface area contributed by atoms with E-state index in [1.165, 1.54) is 16.2 Å². The van der Waals surface area contributed by atoms with Crippen molar-refractivity contribution < 1.29 is 18.4 Å². The van der Waals surface area contributed by atoms with Crippen LogP contribution in [0.2, 0.25) is 5.02 Å². The van der Waals surface area contributed by atoms with Crippen molar-refractivity contribution in [2.45, 2.75) is 82.8 Å². The Hall–Kier alpha value is -2.26. The Morgan fingerprint density at radius 1 is 1.37 bits per heavy atom.